The van der Waals surface area contributed by atoms with Crippen molar-refractivity contribution >= 4 is 23.4 Å². The molecule has 2 aromatic carbocycles. The summed E-state index contributed by atoms with van der Waals surface area (Å²) < 4.78 is 63.9. The maximum Gasteiger partial charge on any atom is 0.416 e. The van der Waals surface area contributed by atoms with Crippen molar-refractivity contribution in [1.29, 1.82) is 0 Å². The number of nitrogens with zero attached hydrogens (tertiary/aromatic N) is 2. The molecule has 0 N–H and O–H groups in total. The van der Waals surface area contributed by atoms with Crippen LogP contribution in [0.15, 0.2) is 80.1 Å². The number of furan rings is 1. The van der Waals surface area contributed by atoms with E-state index >= 15 is 0 Å². The molecule has 0 saturated carbocycles. The van der Waals surface area contributed by atoms with Crippen molar-refractivity contribution in [3.05, 3.63) is 102 Å². The number of hydrogen-bond donors (Lipinski definition) is 0. The van der Waals surface area contributed by atoms with E-state index in [-0.39, 0.29) is 39.9 Å². The molecular weight excluding hydrogens is 597 g/mol. The zero-order valence-electron chi connectivity index (χ0n) is 24.5. The lowest BCUT2D eigenvalue weighted by molar-refractivity contribution is -0.139. The molecule has 12 heteroatoms. The maximum atomic E-state index is 13.9. The number of allylic oxidation sites excluding steroid dienone is 1. The van der Waals surface area contributed by atoms with Crippen LogP contribution in [0.25, 0.3) is 17.4 Å². The van der Waals surface area contributed by atoms with Gasteiger partial charge in [-0.2, -0.15) is 13.2 Å². The van der Waals surface area contributed by atoms with Gasteiger partial charge in [-0.05, 0) is 69.7 Å². The van der Waals surface area contributed by atoms with E-state index in [9.17, 15) is 22.8 Å². The van der Waals surface area contributed by atoms with Gasteiger partial charge in [-0.3, -0.25) is 9.36 Å². The number of thiazole rings is 1. The Morgan fingerprint density at radius 1 is 1.14 bits per heavy atom. The molecule has 2 aromatic heterocycles. The molecule has 0 bridgehead atoms. The number of carbonyl (C=O) groups excluding carboxylic acids is 1. The molecular formula is C32H29F3N2O6S. The van der Waals surface area contributed by atoms with Gasteiger partial charge in [0.05, 0.1) is 47.2 Å². The van der Waals surface area contributed by atoms with Gasteiger partial charge in [-0.1, -0.05) is 29.5 Å². The molecule has 5 rings (SSSR count). The van der Waals surface area contributed by atoms with Crippen molar-refractivity contribution in [3.8, 4) is 22.8 Å². The molecule has 0 aliphatic carbocycles. The highest BCUT2D eigenvalue weighted by atomic mass is 32.1. The normalized spacial score (nSPS) is 15.3. The van der Waals surface area contributed by atoms with Crippen LogP contribution in [0.1, 0.15) is 50.6 Å². The third-order valence-corrected chi connectivity index (χ3v) is 7.74. The summed E-state index contributed by atoms with van der Waals surface area (Å²) in [6.45, 7) is 7.27. The monoisotopic (exact) mass is 626 g/mol. The van der Waals surface area contributed by atoms with E-state index in [2.05, 4.69) is 4.99 Å². The van der Waals surface area contributed by atoms with Crippen LogP contribution in [0.3, 0.4) is 0 Å². The van der Waals surface area contributed by atoms with Crippen LogP contribution in [0.5, 0.6) is 11.5 Å². The van der Waals surface area contributed by atoms with Crippen LogP contribution in [-0.4, -0.2) is 30.4 Å². The number of benzene rings is 2. The Kier molecular flexibility index (Phi) is 8.55. The summed E-state index contributed by atoms with van der Waals surface area (Å²) in [6, 6.07) is 12.2. The van der Waals surface area contributed by atoms with Crippen LogP contribution < -0.4 is 24.4 Å². The number of esters is 1. The Hall–Kier alpha value is -4.58. The molecule has 1 aliphatic rings. The minimum Gasteiger partial charge on any atom is -0.493 e. The summed E-state index contributed by atoms with van der Waals surface area (Å²) in [5.74, 6) is 0.799. The van der Waals surface area contributed by atoms with Gasteiger partial charge in [0, 0.05) is 11.6 Å². The second kappa shape index (κ2) is 12.2. The van der Waals surface area contributed by atoms with Crippen molar-refractivity contribution in [2.24, 2.45) is 4.99 Å². The number of alkyl halides is 3. The van der Waals surface area contributed by atoms with E-state index in [0.717, 1.165) is 23.5 Å². The molecule has 230 valence electrons. The number of methoxy groups -OCH3 is 1. The molecule has 44 heavy (non-hydrogen) atoms. The number of ether oxygens (including phenoxy) is 3. The zero-order valence-corrected chi connectivity index (χ0v) is 25.3. The van der Waals surface area contributed by atoms with Gasteiger partial charge < -0.3 is 18.6 Å². The number of hydrogen-bond acceptors (Lipinski definition) is 8. The first-order valence-corrected chi connectivity index (χ1v) is 14.5. The smallest absolute Gasteiger partial charge is 0.416 e. The molecule has 0 amide bonds. The molecule has 3 heterocycles. The Balaban J connectivity index is 1.62. The first-order valence-electron chi connectivity index (χ1n) is 13.7. The second-order valence-corrected chi connectivity index (χ2v) is 11.2. The van der Waals surface area contributed by atoms with Crippen molar-refractivity contribution in [2.75, 3.05) is 13.7 Å². The highest BCUT2D eigenvalue weighted by Gasteiger charge is 2.34. The van der Waals surface area contributed by atoms with Crippen LogP contribution in [0.2, 0.25) is 0 Å². The van der Waals surface area contributed by atoms with E-state index in [1.54, 1.807) is 38.1 Å². The number of halogens is 3. The van der Waals surface area contributed by atoms with Crippen molar-refractivity contribution in [3.63, 3.8) is 0 Å². The quantitative estimate of drug-likeness (QED) is 0.227. The number of carbonyl (C=O) groups is 1. The van der Waals surface area contributed by atoms with E-state index in [1.165, 1.54) is 36.0 Å². The first-order chi connectivity index (χ1) is 20.9. The van der Waals surface area contributed by atoms with Crippen LogP contribution in [-0.2, 0) is 15.7 Å². The fraction of sp³-hybridized carbons (Fsp3) is 0.281. The lowest BCUT2D eigenvalue weighted by atomic mass is 9.95. The highest BCUT2D eigenvalue weighted by molar-refractivity contribution is 7.07. The fourth-order valence-electron chi connectivity index (χ4n) is 4.88. The molecule has 1 aliphatic heterocycles. The molecule has 0 unspecified atom stereocenters. The Morgan fingerprint density at radius 2 is 1.91 bits per heavy atom. The Bertz CT molecular complexity index is 1930. The minimum absolute atomic E-state index is 0.111. The average molecular weight is 627 g/mol. The number of aromatic nitrogens is 1. The predicted octanol–water partition coefficient (Wildman–Crippen LogP) is 5.87. The zero-order chi connectivity index (χ0) is 31.8. The van der Waals surface area contributed by atoms with Crippen molar-refractivity contribution in [1.82, 2.24) is 4.57 Å². The van der Waals surface area contributed by atoms with Crippen molar-refractivity contribution in [2.45, 2.75) is 46.0 Å². The molecule has 0 fully saturated rings. The fourth-order valence-corrected chi connectivity index (χ4v) is 5.90. The summed E-state index contributed by atoms with van der Waals surface area (Å²) in [6.07, 6.45) is -3.11. The molecule has 4 aromatic rings. The van der Waals surface area contributed by atoms with E-state index in [4.69, 9.17) is 18.6 Å². The standard InChI is InChI=1S/C32H29F3N2O6S/c1-6-41-30(39)27-18(4)36-31-37(28(27)20-10-12-24(42-17(2)3)25(15-20)40-5)29(38)26(44-31)16-22-11-13-23(43-22)19-8-7-9-21(14-19)32(33,34)35/h7-17,28H,6H2,1-5H3/b26-16+/t28-/m0/s1. The maximum absolute atomic E-state index is 13.9. The van der Waals surface area contributed by atoms with Crippen molar-refractivity contribution < 1.29 is 36.6 Å². The third-order valence-electron chi connectivity index (χ3n) is 6.76. The summed E-state index contributed by atoms with van der Waals surface area (Å²) in [5.41, 5.74) is 0.186. The van der Waals surface area contributed by atoms with E-state index in [1.807, 2.05) is 13.8 Å². The van der Waals surface area contributed by atoms with E-state index < -0.39 is 29.3 Å². The summed E-state index contributed by atoms with van der Waals surface area (Å²) >= 11 is 1.10. The number of rotatable bonds is 8. The van der Waals surface area contributed by atoms with Gasteiger partial charge >= 0.3 is 12.1 Å². The van der Waals surface area contributed by atoms with E-state index in [0.29, 0.717) is 27.6 Å². The van der Waals surface area contributed by atoms with Gasteiger partial charge in [-0.25, -0.2) is 9.79 Å². The van der Waals surface area contributed by atoms with Crippen LogP contribution in [0, 0.1) is 0 Å². The topological polar surface area (TPSA) is 92.3 Å². The summed E-state index contributed by atoms with van der Waals surface area (Å²) in [7, 11) is 1.50. The lowest BCUT2D eigenvalue weighted by Gasteiger charge is -2.25. The lowest BCUT2D eigenvalue weighted by Crippen LogP contribution is -2.40. The van der Waals surface area contributed by atoms with Gasteiger partial charge in [-0.15, -0.1) is 0 Å². The van der Waals surface area contributed by atoms with Crippen LogP contribution >= 0.6 is 11.3 Å². The largest absolute Gasteiger partial charge is 0.493 e. The Morgan fingerprint density at radius 3 is 2.59 bits per heavy atom. The highest BCUT2D eigenvalue weighted by Crippen LogP contribution is 2.37. The second-order valence-electron chi connectivity index (χ2n) is 10.2. The van der Waals surface area contributed by atoms with Gasteiger partial charge in [0.15, 0.2) is 16.3 Å². The first kappa shape index (κ1) is 30.9. The third kappa shape index (κ3) is 6.07. The Labute approximate surface area is 254 Å². The molecule has 0 spiro atoms. The van der Waals surface area contributed by atoms with Gasteiger partial charge in [0.25, 0.3) is 5.56 Å². The molecule has 0 saturated heterocycles. The van der Waals surface area contributed by atoms with Gasteiger partial charge in [0.2, 0.25) is 0 Å². The van der Waals surface area contributed by atoms with Crippen LogP contribution in [0.4, 0.5) is 13.2 Å². The predicted molar refractivity (Wildman–Crippen MR) is 158 cm³/mol. The molecule has 0 radical (unpaired) electrons. The van der Waals surface area contributed by atoms with Gasteiger partial charge in [0.1, 0.15) is 11.5 Å². The number of fused-ring (bicyclic) bond motifs is 1. The average Bonchev–Trinajstić information content (AvgIpc) is 3.56. The minimum atomic E-state index is -4.50. The summed E-state index contributed by atoms with van der Waals surface area (Å²) in [4.78, 5) is 32.0. The SMILES string of the molecule is CCOC(=O)C1=C(C)N=c2s/c(=C/c3ccc(-c4cccc(C(F)(F)F)c4)o3)c(=O)n2[C@H]1c1ccc(OC(C)C)c(OC)c1. The summed E-state index contributed by atoms with van der Waals surface area (Å²) in [5, 5.41) is 0. The molecule has 1 atom stereocenters. The molecule has 8 nitrogen and oxygen atoms in total.